The Morgan fingerprint density at radius 3 is 2.61 bits per heavy atom. The topological polar surface area (TPSA) is 71.1 Å². The van der Waals surface area contributed by atoms with Crippen molar-refractivity contribution >= 4 is 23.3 Å². The van der Waals surface area contributed by atoms with E-state index in [4.69, 9.17) is 9.47 Å². The third kappa shape index (κ3) is 2.66. The van der Waals surface area contributed by atoms with Crippen molar-refractivity contribution in [3.05, 3.63) is 48.0 Å². The molecule has 7 heteroatoms. The Morgan fingerprint density at radius 1 is 1.11 bits per heavy atom. The summed E-state index contributed by atoms with van der Waals surface area (Å²) in [5.74, 6) is 1.19. The van der Waals surface area contributed by atoms with Crippen molar-refractivity contribution in [1.82, 2.24) is 4.90 Å². The van der Waals surface area contributed by atoms with E-state index in [9.17, 15) is 9.59 Å². The molecule has 0 aliphatic carbocycles. The summed E-state index contributed by atoms with van der Waals surface area (Å²) >= 11 is 0. The molecule has 2 aliphatic rings. The van der Waals surface area contributed by atoms with E-state index in [1.54, 1.807) is 49.3 Å². The predicted octanol–water partition coefficient (Wildman–Crippen LogP) is 2.86. The summed E-state index contributed by atoms with van der Waals surface area (Å²) in [6.45, 7) is 0.888. The van der Waals surface area contributed by atoms with Gasteiger partial charge in [0.15, 0.2) is 11.5 Å². The molecule has 2 heterocycles. The molecular weight excluding hydrogens is 358 g/mol. The van der Waals surface area contributed by atoms with Crippen LogP contribution in [0.25, 0.3) is 0 Å². The summed E-state index contributed by atoms with van der Waals surface area (Å²) in [4.78, 5) is 29.2. The number of carbonyl (C=O) groups is 2. The number of fused-ring (bicyclic) bond motifs is 2. The number of para-hydroxylation sites is 1. The summed E-state index contributed by atoms with van der Waals surface area (Å²) in [6, 6.07) is 12.8. The number of likely N-dealkylation sites (N-methyl/N-ethyl adjacent to an activating group) is 1. The van der Waals surface area contributed by atoms with Crippen LogP contribution in [0.5, 0.6) is 11.5 Å². The lowest BCUT2D eigenvalue weighted by Gasteiger charge is -2.23. The van der Waals surface area contributed by atoms with Gasteiger partial charge in [-0.3, -0.25) is 4.79 Å². The minimum Gasteiger partial charge on any atom is -0.493 e. The van der Waals surface area contributed by atoms with Gasteiger partial charge in [0.2, 0.25) is 5.91 Å². The zero-order chi connectivity index (χ0) is 19.9. The summed E-state index contributed by atoms with van der Waals surface area (Å²) in [7, 11) is 4.91. The lowest BCUT2D eigenvalue weighted by molar-refractivity contribution is -0.122. The maximum atomic E-state index is 13.0. The zero-order valence-electron chi connectivity index (χ0n) is 16.2. The average Bonchev–Trinajstić information content (AvgIpc) is 3.26. The molecule has 4 rings (SSSR count). The first-order chi connectivity index (χ1) is 13.5. The Kier molecular flexibility index (Phi) is 4.37. The SMILES string of the molecule is COc1ccc(NC(=O)N2CC[C@@]3(C2)C(=O)N(C)c2ccccc23)cc1OC. The van der Waals surface area contributed by atoms with Crippen molar-refractivity contribution in [3.8, 4) is 11.5 Å². The molecule has 2 aliphatic heterocycles. The number of benzene rings is 2. The number of nitrogens with one attached hydrogen (secondary N) is 1. The Labute approximate surface area is 163 Å². The molecule has 2 aromatic carbocycles. The van der Waals surface area contributed by atoms with Crippen LogP contribution in [0.2, 0.25) is 0 Å². The van der Waals surface area contributed by atoms with Gasteiger partial charge in [0.05, 0.1) is 19.6 Å². The summed E-state index contributed by atoms with van der Waals surface area (Å²) in [5, 5.41) is 2.89. The van der Waals surface area contributed by atoms with Crippen molar-refractivity contribution in [2.45, 2.75) is 11.8 Å². The molecular formula is C21H23N3O4. The van der Waals surface area contributed by atoms with E-state index in [0.29, 0.717) is 36.7 Å². The maximum absolute atomic E-state index is 13.0. The third-order valence-corrected chi connectivity index (χ3v) is 5.69. The molecule has 0 radical (unpaired) electrons. The fourth-order valence-electron chi connectivity index (χ4n) is 4.21. The fourth-order valence-corrected chi connectivity index (χ4v) is 4.21. The van der Waals surface area contributed by atoms with Gasteiger partial charge in [0.1, 0.15) is 0 Å². The van der Waals surface area contributed by atoms with Crippen molar-refractivity contribution in [2.75, 3.05) is 44.6 Å². The first-order valence-corrected chi connectivity index (χ1v) is 9.16. The minimum atomic E-state index is -0.652. The van der Waals surface area contributed by atoms with Gasteiger partial charge in [-0.1, -0.05) is 18.2 Å². The van der Waals surface area contributed by atoms with Gasteiger partial charge in [-0.25, -0.2) is 4.79 Å². The quantitative estimate of drug-likeness (QED) is 0.888. The molecule has 0 bridgehead atoms. The Hall–Kier alpha value is -3.22. The highest BCUT2D eigenvalue weighted by atomic mass is 16.5. The number of methoxy groups -OCH3 is 2. The second-order valence-corrected chi connectivity index (χ2v) is 7.13. The van der Waals surface area contributed by atoms with Gasteiger partial charge in [-0.2, -0.15) is 0 Å². The number of rotatable bonds is 3. The van der Waals surface area contributed by atoms with Gasteiger partial charge < -0.3 is 24.6 Å². The zero-order valence-corrected chi connectivity index (χ0v) is 16.2. The van der Waals surface area contributed by atoms with Gasteiger partial charge in [-0.15, -0.1) is 0 Å². The van der Waals surface area contributed by atoms with Crippen LogP contribution in [-0.2, 0) is 10.2 Å². The molecule has 1 atom stereocenters. The molecule has 2 aromatic rings. The average molecular weight is 381 g/mol. The van der Waals surface area contributed by atoms with Gasteiger partial charge in [0.25, 0.3) is 0 Å². The van der Waals surface area contributed by atoms with Crippen molar-refractivity contribution in [3.63, 3.8) is 0 Å². The highest BCUT2D eigenvalue weighted by molar-refractivity contribution is 6.08. The Balaban J connectivity index is 1.54. The first kappa shape index (κ1) is 18.2. The highest BCUT2D eigenvalue weighted by Crippen LogP contribution is 2.46. The molecule has 3 amide bonds. The van der Waals surface area contributed by atoms with E-state index >= 15 is 0 Å². The second kappa shape index (κ2) is 6.74. The number of hydrogen-bond acceptors (Lipinski definition) is 4. The van der Waals surface area contributed by atoms with E-state index in [0.717, 1.165) is 11.3 Å². The van der Waals surface area contributed by atoms with Crippen LogP contribution < -0.4 is 19.7 Å². The highest BCUT2D eigenvalue weighted by Gasteiger charge is 2.54. The molecule has 1 fully saturated rings. The molecule has 0 unspecified atom stereocenters. The first-order valence-electron chi connectivity index (χ1n) is 9.16. The minimum absolute atomic E-state index is 0.0510. The maximum Gasteiger partial charge on any atom is 0.321 e. The summed E-state index contributed by atoms with van der Waals surface area (Å²) < 4.78 is 10.5. The van der Waals surface area contributed by atoms with Crippen molar-refractivity contribution in [1.29, 1.82) is 0 Å². The molecule has 0 saturated carbocycles. The van der Waals surface area contributed by atoms with Gasteiger partial charge in [0, 0.05) is 37.6 Å². The number of ether oxygens (including phenoxy) is 2. The Morgan fingerprint density at radius 2 is 1.86 bits per heavy atom. The van der Waals surface area contributed by atoms with Gasteiger partial charge in [-0.05, 0) is 30.2 Å². The van der Waals surface area contributed by atoms with Crippen molar-refractivity contribution < 1.29 is 19.1 Å². The van der Waals surface area contributed by atoms with Crippen LogP contribution in [0.1, 0.15) is 12.0 Å². The number of nitrogens with zero attached hydrogens (tertiary/aromatic N) is 2. The monoisotopic (exact) mass is 381 g/mol. The van der Waals surface area contributed by atoms with Crippen LogP contribution in [0.15, 0.2) is 42.5 Å². The Bertz CT molecular complexity index is 945. The van der Waals surface area contributed by atoms with E-state index < -0.39 is 5.41 Å². The van der Waals surface area contributed by atoms with E-state index in [1.807, 2.05) is 24.3 Å². The van der Waals surface area contributed by atoms with E-state index in [1.165, 1.54) is 0 Å². The largest absolute Gasteiger partial charge is 0.493 e. The number of carbonyl (C=O) groups excluding carboxylic acids is 2. The molecule has 28 heavy (non-hydrogen) atoms. The predicted molar refractivity (Wildman–Crippen MR) is 106 cm³/mol. The van der Waals surface area contributed by atoms with E-state index in [2.05, 4.69) is 5.32 Å². The molecule has 146 valence electrons. The van der Waals surface area contributed by atoms with Crippen molar-refractivity contribution in [2.24, 2.45) is 0 Å². The van der Waals surface area contributed by atoms with Crippen LogP contribution in [0, 0.1) is 0 Å². The molecule has 7 nitrogen and oxygen atoms in total. The molecule has 1 saturated heterocycles. The standard InChI is InChI=1S/C21H23N3O4/c1-23-16-7-5-4-6-15(16)21(19(23)25)10-11-24(13-21)20(26)22-14-8-9-17(27-2)18(12-14)28-3/h4-9,12H,10-11,13H2,1-3H3,(H,22,26)/t21-/m0/s1. The summed E-state index contributed by atoms with van der Waals surface area (Å²) in [5.41, 5.74) is 1.89. The van der Waals surface area contributed by atoms with E-state index in [-0.39, 0.29) is 11.9 Å². The lowest BCUT2D eigenvalue weighted by Crippen LogP contribution is -2.42. The van der Waals surface area contributed by atoms with Gasteiger partial charge >= 0.3 is 6.03 Å². The number of amides is 3. The fraction of sp³-hybridized carbons (Fsp3) is 0.333. The molecule has 1 spiro atoms. The van der Waals surface area contributed by atoms with Crippen LogP contribution >= 0.6 is 0 Å². The normalized spacial score (nSPS) is 20.5. The van der Waals surface area contributed by atoms with Crippen LogP contribution in [0.3, 0.4) is 0 Å². The number of hydrogen-bond donors (Lipinski definition) is 1. The molecule has 0 aromatic heterocycles. The number of likely N-dealkylation sites (tertiary alicyclic amines) is 1. The number of anilines is 2. The second-order valence-electron chi connectivity index (χ2n) is 7.13. The lowest BCUT2D eigenvalue weighted by atomic mass is 9.81. The van der Waals surface area contributed by atoms with Crippen LogP contribution in [-0.4, -0.2) is 51.2 Å². The smallest absolute Gasteiger partial charge is 0.321 e. The third-order valence-electron chi connectivity index (χ3n) is 5.69. The van der Waals surface area contributed by atoms with Crippen LogP contribution in [0.4, 0.5) is 16.2 Å². The molecule has 1 N–H and O–H groups in total. The number of urea groups is 1. The summed E-state index contributed by atoms with van der Waals surface area (Å²) in [6.07, 6.45) is 0.618.